The van der Waals surface area contributed by atoms with Crippen LogP contribution in [0.2, 0.25) is 0 Å². The number of hydrogen-bond donors (Lipinski definition) is 0. The molecule has 48 heavy (non-hydrogen) atoms. The van der Waals surface area contributed by atoms with E-state index < -0.39 is 0 Å². The summed E-state index contributed by atoms with van der Waals surface area (Å²) < 4.78 is 6.24. The van der Waals surface area contributed by atoms with Gasteiger partial charge in [-0.2, -0.15) is 0 Å². The van der Waals surface area contributed by atoms with Crippen LogP contribution in [0.3, 0.4) is 0 Å². The van der Waals surface area contributed by atoms with Crippen LogP contribution in [-0.2, 0) is 0 Å². The summed E-state index contributed by atoms with van der Waals surface area (Å²) >= 11 is 0. The van der Waals surface area contributed by atoms with Crippen LogP contribution < -0.4 is 4.90 Å². The molecule has 0 N–H and O–H groups in total. The van der Waals surface area contributed by atoms with Crippen molar-refractivity contribution in [1.29, 1.82) is 0 Å². The van der Waals surface area contributed by atoms with Gasteiger partial charge in [-0.05, 0) is 115 Å². The number of fused-ring (bicyclic) bond motifs is 9. The number of hydrogen-bond acceptors (Lipinski definition) is 2. The van der Waals surface area contributed by atoms with Gasteiger partial charge in [0.2, 0.25) is 0 Å². The van der Waals surface area contributed by atoms with Gasteiger partial charge in [-0.15, -0.1) is 0 Å². The molecule has 0 amide bonds. The minimum absolute atomic E-state index is 0.919. The summed E-state index contributed by atoms with van der Waals surface area (Å²) in [7, 11) is 0. The molecule has 2 heteroatoms. The van der Waals surface area contributed by atoms with E-state index in [4.69, 9.17) is 4.42 Å². The van der Waals surface area contributed by atoms with Gasteiger partial charge in [0.1, 0.15) is 11.2 Å². The molecule has 2 nitrogen and oxygen atoms in total. The monoisotopic (exact) mass is 611 g/mol. The lowest BCUT2D eigenvalue weighted by Gasteiger charge is -2.26. The Morgan fingerprint density at radius 1 is 0.312 bits per heavy atom. The van der Waals surface area contributed by atoms with Crippen molar-refractivity contribution in [2.45, 2.75) is 0 Å². The molecular formula is C46H29NO. The van der Waals surface area contributed by atoms with E-state index in [2.05, 4.69) is 169 Å². The number of anilines is 3. The Balaban J connectivity index is 1.19. The summed E-state index contributed by atoms with van der Waals surface area (Å²) in [4.78, 5) is 2.37. The molecule has 1 heterocycles. The summed E-state index contributed by atoms with van der Waals surface area (Å²) in [5.74, 6) is 0. The highest BCUT2D eigenvalue weighted by Gasteiger charge is 2.17. The SMILES string of the molecule is c1ccc(N(c2cccc(-c3cc4ccccc4c4ccccc34)c2)c2ccc3ccc4cc5oc6ccccc6c5cc4c3c2)cc1. The molecule has 0 saturated carbocycles. The van der Waals surface area contributed by atoms with Gasteiger partial charge in [0, 0.05) is 27.8 Å². The molecule has 0 bridgehead atoms. The van der Waals surface area contributed by atoms with Crippen LogP contribution in [0.15, 0.2) is 180 Å². The van der Waals surface area contributed by atoms with Gasteiger partial charge in [-0.3, -0.25) is 0 Å². The average Bonchev–Trinajstić information content (AvgIpc) is 3.52. The molecule has 0 fully saturated rings. The molecule has 0 spiro atoms. The van der Waals surface area contributed by atoms with Gasteiger partial charge in [-0.25, -0.2) is 0 Å². The van der Waals surface area contributed by atoms with Crippen LogP contribution in [0.1, 0.15) is 0 Å². The summed E-state index contributed by atoms with van der Waals surface area (Å²) in [5, 5.41) is 12.2. The number of nitrogens with zero attached hydrogens (tertiary/aromatic N) is 1. The first-order chi connectivity index (χ1) is 23.8. The zero-order chi connectivity index (χ0) is 31.6. The van der Waals surface area contributed by atoms with Gasteiger partial charge >= 0.3 is 0 Å². The van der Waals surface area contributed by atoms with Crippen LogP contribution in [0, 0.1) is 0 Å². The van der Waals surface area contributed by atoms with Crippen molar-refractivity contribution in [3.05, 3.63) is 176 Å². The zero-order valence-corrected chi connectivity index (χ0v) is 26.1. The van der Waals surface area contributed by atoms with Crippen LogP contribution in [0.4, 0.5) is 17.1 Å². The third-order valence-corrected chi connectivity index (χ3v) is 9.77. The highest BCUT2D eigenvalue weighted by molar-refractivity contribution is 6.17. The van der Waals surface area contributed by atoms with E-state index in [1.54, 1.807) is 0 Å². The van der Waals surface area contributed by atoms with Gasteiger partial charge in [-0.1, -0.05) is 115 Å². The van der Waals surface area contributed by atoms with E-state index >= 15 is 0 Å². The van der Waals surface area contributed by atoms with E-state index in [9.17, 15) is 0 Å². The van der Waals surface area contributed by atoms with Crippen LogP contribution >= 0.6 is 0 Å². The Kier molecular flexibility index (Phi) is 5.91. The Morgan fingerprint density at radius 2 is 0.958 bits per heavy atom. The molecule has 224 valence electrons. The van der Waals surface area contributed by atoms with E-state index in [1.807, 2.05) is 12.1 Å². The zero-order valence-electron chi connectivity index (χ0n) is 26.1. The second-order valence-corrected chi connectivity index (χ2v) is 12.6. The molecule has 9 aromatic carbocycles. The Morgan fingerprint density at radius 3 is 1.85 bits per heavy atom. The van der Waals surface area contributed by atoms with Gasteiger partial charge in [0.15, 0.2) is 0 Å². The molecule has 10 aromatic rings. The molecule has 0 unspecified atom stereocenters. The third-order valence-electron chi connectivity index (χ3n) is 9.77. The first-order valence-electron chi connectivity index (χ1n) is 16.4. The van der Waals surface area contributed by atoms with E-state index in [0.29, 0.717) is 0 Å². The highest BCUT2D eigenvalue weighted by atomic mass is 16.3. The maximum Gasteiger partial charge on any atom is 0.136 e. The maximum atomic E-state index is 6.24. The van der Waals surface area contributed by atoms with Crippen molar-refractivity contribution in [2.24, 2.45) is 0 Å². The highest BCUT2D eigenvalue weighted by Crippen LogP contribution is 2.42. The Labute approximate surface area is 277 Å². The van der Waals surface area contributed by atoms with Crippen LogP contribution in [0.25, 0.3) is 76.2 Å². The quantitative estimate of drug-likeness (QED) is 0.184. The molecule has 0 aliphatic rings. The second-order valence-electron chi connectivity index (χ2n) is 12.6. The number of para-hydroxylation sites is 2. The predicted octanol–water partition coefficient (Wildman–Crippen LogP) is 13.3. The van der Waals surface area contributed by atoms with Crippen LogP contribution in [0.5, 0.6) is 0 Å². The topological polar surface area (TPSA) is 16.4 Å². The fourth-order valence-electron chi connectivity index (χ4n) is 7.53. The van der Waals surface area contributed by atoms with E-state index in [1.165, 1.54) is 54.2 Å². The van der Waals surface area contributed by atoms with Gasteiger partial charge < -0.3 is 9.32 Å². The van der Waals surface area contributed by atoms with Crippen LogP contribution in [-0.4, -0.2) is 0 Å². The fourth-order valence-corrected chi connectivity index (χ4v) is 7.53. The molecule has 1 aromatic heterocycles. The van der Waals surface area contributed by atoms with E-state index in [-0.39, 0.29) is 0 Å². The van der Waals surface area contributed by atoms with Crippen molar-refractivity contribution in [3.8, 4) is 11.1 Å². The van der Waals surface area contributed by atoms with Crippen molar-refractivity contribution in [3.63, 3.8) is 0 Å². The van der Waals surface area contributed by atoms with E-state index in [0.717, 1.165) is 39.0 Å². The number of rotatable bonds is 4. The van der Waals surface area contributed by atoms with Gasteiger partial charge in [0.25, 0.3) is 0 Å². The molecule has 0 radical (unpaired) electrons. The lowest BCUT2D eigenvalue weighted by molar-refractivity contribution is 0.669. The molecule has 0 aliphatic heterocycles. The van der Waals surface area contributed by atoms with Crippen molar-refractivity contribution in [2.75, 3.05) is 4.90 Å². The molecule has 0 atom stereocenters. The third kappa shape index (κ3) is 4.20. The summed E-state index contributed by atoms with van der Waals surface area (Å²) in [6, 6.07) is 63.5. The predicted molar refractivity (Wildman–Crippen MR) is 204 cm³/mol. The van der Waals surface area contributed by atoms with Gasteiger partial charge in [0.05, 0.1) is 0 Å². The van der Waals surface area contributed by atoms with Crippen molar-refractivity contribution < 1.29 is 4.42 Å². The summed E-state index contributed by atoms with van der Waals surface area (Å²) in [5.41, 5.74) is 7.60. The minimum atomic E-state index is 0.919. The first-order valence-corrected chi connectivity index (χ1v) is 16.4. The maximum absolute atomic E-state index is 6.24. The number of furan rings is 1. The molecule has 10 rings (SSSR count). The molecule has 0 saturated heterocycles. The molecular weight excluding hydrogens is 583 g/mol. The minimum Gasteiger partial charge on any atom is -0.456 e. The summed E-state index contributed by atoms with van der Waals surface area (Å²) in [6.07, 6.45) is 0. The standard InChI is InChI=1S/C46H29NO/c1-2-13-34(14-3-1)47(35-15-10-12-31(25-35)41-26-32-11-4-5-16-37(32)38-17-6-7-18-39(38)41)36-24-23-30-21-22-33-27-46-44(29-43(33)42(30)28-36)40-19-8-9-20-45(40)48-46/h1-29H. The average molecular weight is 612 g/mol. The van der Waals surface area contributed by atoms with Crippen molar-refractivity contribution in [1.82, 2.24) is 0 Å². The lowest BCUT2D eigenvalue weighted by atomic mass is 9.93. The molecule has 0 aliphatic carbocycles. The van der Waals surface area contributed by atoms with Crippen molar-refractivity contribution >= 4 is 82.1 Å². The Bertz CT molecular complexity index is 2850. The first kappa shape index (κ1) is 26.8. The number of benzene rings is 9. The summed E-state index contributed by atoms with van der Waals surface area (Å²) in [6.45, 7) is 0. The Hall–Kier alpha value is -6.38. The largest absolute Gasteiger partial charge is 0.456 e. The second kappa shape index (κ2) is 10.6. The fraction of sp³-hybridized carbons (Fsp3) is 0. The smallest absolute Gasteiger partial charge is 0.136 e. The lowest BCUT2D eigenvalue weighted by Crippen LogP contribution is -2.10. The normalized spacial score (nSPS) is 11.8.